The predicted octanol–water partition coefficient (Wildman–Crippen LogP) is 4.04. The average molecular weight is 274 g/mol. The molecule has 2 aromatic carbocycles. The first-order valence-corrected chi connectivity index (χ1v) is 6.78. The Kier molecular flexibility index (Phi) is 3.30. The molecule has 3 heteroatoms. The monoisotopic (exact) mass is 274 g/mol. The van der Waals surface area contributed by atoms with Crippen molar-refractivity contribution in [3.05, 3.63) is 70.3 Å². The molecule has 2 atom stereocenters. The zero-order valence-corrected chi connectivity index (χ0v) is 11.2. The van der Waals surface area contributed by atoms with Crippen molar-refractivity contribution in [2.24, 2.45) is 0 Å². The fraction of sp³-hybridized carbons (Fsp3) is 0.294. The molecule has 3 rings (SSSR count). The number of rotatable bonds is 3. The molecular weight excluding hydrogens is 258 g/mol. The largest absolute Gasteiger partial charge is 0.388 e. The summed E-state index contributed by atoms with van der Waals surface area (Å²) in [6.45, 7) is 1.57. The third kappa shape index (κ3) is 2.12. The van der Waals surface area contributed by atoms with E-state index in [0.717, 1.165) is 6.42 Å². The van der Waals surface area contributed by atoms with Crippen molar-refractivity contribution in [3.63, 3.8) is 0 Å². The smallest absolute Gasteiger partial charge is 0.134 e. The highest BCUT2D eigenvalue weighted by molar-refractivity contribution is 5.40. The topological polar surface area (TPSA) is 20.2 Å². The molecule has 0 aliphatic heterocycles. The lowest BCUT2D eigenvalue weighted by Crippen LogP contribution is -2.20. The van der Waals surface area contributed by atoms with E-state index in [-0.39, 0.29) is 11.5 Å². The molecule has 1 aliphatic rings. The average Bonchev–Trinajstić information content (AvgIpc) is 2.41. The number of hydrogen-bond acceptors (Lipinski definition) is 1. The minimum absolute atomic E-state index is 0.181. The molecule has 0 fully saturated rings. The Morgan fingerprint density at radius 3 is 2.70 bits per heavy atom. The summed E-state index contributed by atoms with van der Waals surface area (Å²) in [4.78, 5) is 0. The van der Waals surface area contributed by atoms with Gasteiger partial charge in [0.1, 0.15) is 11.6 Å². The van der Waals surface area contributed by atoms with Gasteiger partial charge in [0.25, 0.3) is 0 Å². The molecule has 1 nitrogen and oxygen atoms in total. The number of aryl methyl sites for hydroxylation is 1. The minimum atomic E-state index is -1.10. The van der Waals surface area contributed by atoms with Crippen LogP contribution in [0, 0.1) is 18.6 Å². The van der Waals surface area contributed by atoms with Crippen LogP contribution in [0.1, 0.15) is 40.7 Å². The van der Waals surface area contributed by atoms with E-state index in [9.17, 15) is 13.9 Å². The molecule has 1 aliphatic carbocycles. The zero-order chi connectivity index (χ0) is 14.3. The van der Waals surface area contributed by atoms with Gasteiger partial charge in [-0.15, -0.1) is 0 Å². The molecule has 20 heavy (non-hydrogen) atoms. The van der Waals surface area contributed by atoms with Crippen LogP contribution in [0.25, 0.3) is 0 Å². The van der Waals surface area contributed by atoms with Crippen molar-refractivity contribution in [2.45, 2.75) is 31.8 Å². The maximum atomic E-state index is 14.0. The van der Waals surface area contributed by atoms with E-state index < -0.39 is 17.7 Å². The van der Waals surface area contributed by atoms with Crippen molar-refractivity contribution in [1.29, 1.82) is 0 Å². The van der Waals surface area contributed by atoms with Crippen LogP contribution >= 0.6 is 0 Å². The van der Waals surface area contributed by atoms with Gasteiger partial charge in [-0.25, -0.2) is 8.78 Å². The Bertz CT molecular complexity index is 651. The first-order chi connectivity index (χ1) is 9.58. The van der Waals surface area contributed by atoms with E-state index in [1.54, 1.807) is 6.92 Å². The van der Waals surface area contributed by atoms with Crippen LogP contribution in [0.2, 0.25) is 0 Å². The highest BCUT2D eigenvalue weighted by Crippen LogP contribution is 2.41. The van der Waals surface area contributed by atoms with Gasteiger partial charge in [0, 0.05) is 0 Å². The lowest BCUT2D eigenvalue weighted by Gasteiger charge is -2.32. The van der Waals surface area contributed by atoms with Gasteiger partial charge >= 0.3 is 0 Å². The number of hydrogen-bond donors (Lipinski definition) is 1. The van der Waals surface area contributed by atoms with Gasteiger partial charge in [-0.1, -0.05) is 30.3 Å². The standard InChI is InChI=1S/C17H16F2O/c1-10-6-7-14(18)16(17(10)19)15(20)9-12-8-11-4-2-3-5-13(11)12/h2-7,12,15,20H,8-9H2,1H3. The molecule has 0 heterocycles. The molecule has 104 valence electrons. The maximum Gasteiger partial charge on any atom is 0.134 e. The summed E-state index contributed by atoms with van der Waals surface area (Å²) in [7, 11) is 0. The number of aliphatic hydroxyl groups excluding tert-OH is 1. The molecule has 0 bridgehead atoms. The molecule has 1 N–H and O–H groups in total. The first kappa shape index (κ1) is 13.3. The Morgan fingerprint density at radius 1 is 1.20 bits per heavy atom. The van der Waals surface area contributed by atoms with E-state index in [0.29, 0.717) is 12.0 Å². The number of halogens is 2. The van der Waals surface area contributed by atoms with E-state index in [1.807, 2.05) is 24.3 Å². The minimum Gasteiger partial charge on any atom is -0.388 e. The molecular formula is C17H16F2O. The number of benzene rings is 2. The summed E-state index contributed by atoms with van der Waals surface area (Å²) in [6.07, 6.45) is 0.115. The second-order valence-electron chi connectivity index (χ2n) is 5.44. The van der Waals surface area contributed by atoms with E-state index in [1.165, 1.54) is 23.3 Å². The van der Waals surface area contributed by atoms with E-state index in [2.05, 4.69) is 0 Å². The van der Waals surface area contributed by atoms with Gasteiger partial charge in [0.2, 0.25) is 0 Å². The Labute approximate surface area is 116 Å². The molecule has 0 saturated heterocycles. The molecule has 0 spiro atoms. The predicted molar refractivity (Wildman–Crippen MR) is 73.6 cm³/mol. The fourth-order valence-corrected chi connectivity index (χ4v) is 2.94. The van der Waals surface area contributed by atoms with Crippen LogP contribution in [0.5, 0.6) is 0 Å². The summed E-state index contributed by atoms with van der Waals surface area (Å²) < 4.78 is 27.7. The van der Waals surface area contributed by atoms with Gasteiger partial charge in [-0.05, 0) is 48.4 Å². The molecule has 2 unspecified atom stereocenters. The molecule has 0 aromatic heterocycles. The summed E-state index contributed by atoms with van der Waals surface area (Å²) >= 11 is 0. The fourth-order valence-electron chi connectivity index (χ4n) is 2.94. The third-order valence-electron chi connectivity index (χ3n) is 4.12. The quantitative estimate of drug-likeness (QED) is 0.895. The second-order valence-corrected chi connectivity index (χ2v) is 5.44. The van der Waals surface area contributed by atoms with Gasteiger partial charge in [-0.2, -0.15) is 0 Å². The second kappa shape index (κ2) is 4.98. The summed E-state index contributed by atoms with van der Waals surface area (Å²) in [6, 6.07) is 10.6. The lowest BCUT2D eigenvalue weighted by atomic mass is 9.74. The molecule has 2 aromatic rings. The Morgan fingerprint density at radius 2 is 1.95 bits per heavy atom. The van der Waals surface area contributed by atoms with Crippen LogP contribution in [0.4, 0.5) is 8.78 Å². The molecule has 0 amide bonds. The maximum absolute atomic E-state index is 14.0. The van der Waals surface area contributed by atoms with Crippen LogP contribution in [0.3, 0.4) is 0 Å². The normalized spacial score (nSPS) is 18.3. The number of aliphatic hydroxyl groups is 1. The first-order valence-electron chi connectivity index (χ1n) is 6.78. The number of fused-ring (bicyclic) bond motifs is 1. The van der Waals surface area contributed by atoms with Crippen molar-refractivity contribution in [3.8, 4) is 0 Å². The summed E-state index contributed by atoms with van der Waals surface area (Å²) in [5.41, 5.74) is 2.60. The highest BCUT2D eigenvalue weighted by atomic mass is 19.1. The van der Waals surface area contributed by atoms with E-state index in [4.69, 9.17) is 0 Å². The van der Waals surface area contributed by atoms with Crippen LogP contribution < -0.4 is 0 Å². The molecule has 0 saturated carbocycles. The van der Waals surface area contributed by atoms with Crippen molar-refractivity contribution >= 4 is 0 Å². The van der Waals surface area contributed by atoms with Gasteiger partial charge < -0.3 is 5.11 Å². The Balaban J connectivity index is 1.82. The molecule has 0 radical (unpaired) electrons. The van der Waals surface area contributed by atoms with Crippen molar-refractivity contribution in [2.75, 3.05) is 0 Å². The zero-order valence-electron chi connectivity index (χ0n) is 11.2. The lowest BCUT2D eigenvalue weighted by molar-refractivity contribution is 0.144. The SMILES string of the molecule is Cc1ccc(F)c(C(O)CC2Cc3ccccc32)c1F. The Hall–Kier alpha value is -1.74. The highest BCUT2D eigenvalue weighted by Gasteiger charge is 2.30. The van der Waals surface area contributed by atoms with Crippen molar-refractivity contribution < 1.29 is 13.9 Å². The van der Waals surface area contributed by atoms with Gasteiger partial charge in [-0.3, -0.25) is 0 Å². The van der Waals surface area contributed by atoms with Crippen LogP contribution in [-0.4, -0.2) is 5.11 Å². The third-order valence-corrected chi connectivity index (χ3v) is 4.12. The van der Waals surface area contributed by atoms with Crippen LogP contribution in [0.15, 0.2) is 36.4 Å². The van der Waals surface area contributed by atoms with Crippen LogP contribution in [-0.2, 0) is 6.42 Å². The summed E-state index contributed by atoms with van der Waals surface area (Å²) in [5, 5.41) is 10.2. The van der Waals surface area contributed by atoms with Crippen molar-refractivity contribution in [1.82, 2.24) is 0 Å². The summed E-state index contributed by atoms with van der Waals surface area (Å²) in [5.74, 6) is -1.13. The van der Waals surface area contributed by atoms with Gasteiger partial charge in [0.15, 0.2) is 0 Å². The van der Waals surface area contributed by atoms with E-state index >= 15 is 0 Å². The van der Waals surface area contributed by atoms with Gasteiger partial charge in [0.05, 0.1) is 11.7 Å².